The van der Waals surface area contributed by atoms with E-state index in [1.165, 1.54) is 37.5 Å². The van der Waals surface area contributed by atoms with Crippen LogP contribution >= 0.6 is 11.6 Å². The summed E-state index contributed by atoms with van der Waals surface area (Å²) >= 11 is 5.79. The third kappa shape index (κ3) is 3.06. The summed E-state index contributed by atoms with van der Waals surface area (Å²) in [7, 11) is 1.25. The Labute approximate surface area is 96.4 Å². The SMILES string of the molecule is COC(=O)C=Cc1ccc([N+](=O)[O-])cc1Cl. The molecule has 5 nitrogen and oxygen atoms in total. The molecule has 0 bridgehead atoms. The van der Waals surface area contributed by atoms with E-state index >= 15 is 0 Å². The average molecular weight is 242 g/mol. The van der Waals surface area contributed by atoms with Crippen LogP contribution in [0.4, 0.5) is 5.69 Å². The number of carbonyl (C=O) groups is 1. The van der Waals surface area contributed by atoms with Crippen molar-refractivity contribution in [3.8, 4) is 0 Å². The molecule has 1 aromatic carbocycles. The predicted octanol–water partition coefficient (Wildman–Crippen LogP) is 2.43. The number of hydrogen-bond donors (Lipinski definition) is 0. The second-order valence-electron chi connectivity index (χ2n) is 2.82. The summed E-state index contributed by atoms with van der Waals surface area (Å²) in [6, 6.07) is 3.99. The number of ether oxygens (including phenoxy) is 1. The molecular weight excluding hydrogens is 234 g/mol. The van der Waals surface area contributed by atoms with Crippen molar-refractivity contribution in [2.24, 2.45) is 0 Å². The predicted molar refractivity (Wildman–Crippen MR) is 59.2 cm³/mol. The summed E-state index contributed by atoms with van der Waals surface area (Å²) in [6.07, 6.45) is 2.62. The number of esters is 1. The van der Waals surface area contributed by atoms with Gasteiger partial charge < -0.3 is 4.74 Å². The van der Waals surface area contributed by atoms with E-state index < -0.39 is 10.9 Å². The van der Waals surface area contributed by atoms with E-state index in [-0.39, 0.29) is 10.7 Å². The van der Waals surface area contributed by atoms with Gasteiger partial charge in [-0.15, -0.1) is 0 Å². The van der Waals surface area contributed by atoms with Gasteiger partial charge in [0.1, 0.15) is 0 Å². The molecule has 0 saturated heterocycles. The molecule has 0 saturated carbocycles. The molecule has 0 aliphatic rings. The highest BCUT2D eigenvalue weighted by Gasteiger charge is 2.07. The summed E-state index contributed by atoms with van der Waals surface area (Å²) in [5.74, 6) is -0.519. The molecule has 84 valence electrons. The third-order valence-corrected chi connectivity index (χ3v) is 2.12. The molecular formula is C10H8ClNO4. The first kappa shape index (κ1) is 12.2. The molecule has 0 fully saturated rings. The number of non-ortho nitro benzene ring substituents is 1. The fraction of sp³-hybridized carbons (Fsp3) is 0.100. The Kier molecular flexibility index (Phi) is 4.02. The van der Waals surface area contributed by atoms with Gasteiger partial charge in [-0.1, -0.05) is 11.6 Å². The molecule has 0 spiro atoms. The van der Waals surface area contributed by atoms with Crippen LogP contribution < -0.4 is 0 Å². The maximum absolute atomic E-state index is 10.8. The molecule has 0 unspecified atom stereocenters. The summed E-state index contributed by atoms with van der Waals surface area (Å²) in [5, 5.41) is 10.6. The van der Waals surface area contributed by atoms with E-state index in [1.54, 1.807) is 0 Å². The quantitative estimate of drug-likeness (QED) is 0.353. The van der Waals surface area contributed by atoms with Gasteiger partial charge in [0.25, 0.3) is 5.69 Å². The van der Waals surface area contributed by atoms with Gasteiger partial charge in [-0.2, -0.15) is 0 Å². The smallest absolute Gasteiger partial charge is 0.330 e. The lowest BCUT2D eigenvalue weighted by molar-refractivity contribution is -0.384. The van der Waals surface area contributed by atoms with E-state index in [0.717, 1.165) is 0 Å². The fourth-order valence-electron chi connectivity index (χ4n) is 0.991. The standard InChI is InChI=1S/C10H8ClNO4/c1-16-10(13)5-3-7-2-4-8(12(14)15)6-9(7)11/h2-6H,1H3. The van der Waals surface area contributed by atoms with Gasteiger partial charge >= 0.3 is 5.97 Å². The molecule has 1 rings (SSSR count). The zero-order valence-corrected chi connectivity index (χ0v) is 9.10. The van der Waals surface area contributed by atoms with Gasteiger partial charge in [0.2, 0.25) is 0 Å². The molecule has 1 aromatic rings. The molecule has 0 aliphatic carbocycles. The molecule has 0 aromatic heterocycles. The zero-order valence-electron chi connectivity index (χ0n) is 8.34. The number of halogens is 1. The summed E-state index contributed by atoms with van der Waals surface area (Å²) in [6.45, 7) is 0. The lowest BCUT2D eigenvalue weighted by Gasteiger charge is -1.97. The zero-order chi connectivity index (χ0) is 12.1. The van der Waals surface area contributed by atoms with Crippen LogP contribution in [0.2, 0.25) is 5.02 Å². The summed E-state index contributed by atoms with van der Waals surface area (Å²) in [4.78, 5) is 20.7. The maximum Gasteiger partial charge on any atom is 0.330 e. The van der Waals surface area contributed by atoms with E-state index in [1.807, 2.05) is 0 Å². The Morgan fingerprint density at radius 1 is 1.56 bits per heavy atom. The van der Waals surface area contributed by atoms with Crippen LogP contribution in [0.25, 0.3) is 6.08 Å². The van der Waals surface area contributed by atoms with Crippen molar-refractivity contribution in [2.45, 2.75) is 0 Å². The Balaban J connectivity index is 2.95. The molecule has 0 amide bonds. The highest BCUT2D eigenvalue weighted by atomic mass is 35.5. The van der Waals surface area contributed by atoms with E-state index in [4.69, 9.17) is 11.6 Å². The van der Waals surface area contributed by atoms with Crippen LogP contribution in [-0.4, -0.2) is 18.0 Å². The second-order valence-corrected chi connectivity index (χ2v) is 3.23. The molecule has 16 heavy (non-hydrogen) atoms. The average Bonchev–Trinajstić information content (AvgIpc) is 2.26. The van der Waals surface area contributed by atoms with Gasteiger partial charge in [0, 0.05) is 18.2 Å². The number of hydrogen-bond acceptors (Lipinski definition) is 4. The van der Waals surface area contributed by atoms with Crippen molar-refractivity contribution in [1.82, 2.24) is 0 Å². The van der Waals surface area contributed by atoms with Crippen molar-refractivity contribution in [2.75, 3.05) is 7.11 Å². The van der Waals surface area contributed by atoms with Crippen molar-refractivity contribution in [3.63, 3.8) is 0 Å². The number of benzene rings is 1. The Bertz CT molecular complexity index is 456. The lowest BCUT2D eigenvalue weighted by Crippen LogP contribution is -1.93. The van der Waals surface area contributed by atoms with Crippen LogP contribution in [0.15, 0.2) is 24.3 Å². The maximum atomic E-state index is 10.8. The van der Waals surface area contributed by atoms with Crippen molar-refractivity contribution in [3.05, 3.63) is 45.0 Å². The van der Waals surface area contributed by atoms with Crippen molar-refractivity contribution < 1.29 is 14.5 Å². The Morgan fingerprint density at radius 3 is 2.75 bits per heavy atom. The van der Waals surface area contributed by atoms with Gasteiger partial charge in [0.15, 0.2) is 0 Å². The Hall–Kier alpha value is -1.88. The van der Waals surface area contributed by atoms with Crippen molar-refractivity contribution in [1.29, 1.82) is 0 Å². The van der Waals surface area contributed by atoms with E-state index in [2.05, 4.69) is 4.74 Å². The minimum atomic E-state index is -0.542. The van der Waals surface area contributed by atoms with E-state index in [0.29, 0.717) is 5.56 Å². The molecule has 0 N–H and O–H groups in total. The summed E-state index contributed by atoms with van der Waals surface area (Å²) < 4.78 is 4.40. The number of methoxy groups -OCH3 is 1. The molecule has 0 heterocycles. The second kappa shape index (κ2) is 5.27. The van der Waals surface area contributed by atoms with Crippen LogP contribution in [0.5, 0.6) is 0 Å². The monoisotopic (exact) mass is 241 g/mol. The fourth-order valence-corrected chi connectivity index (χ4v) is 1.23. The minimum absolute atomic E-state index is 0.0970. The van der Waals surface area contributed by atoms with Gasteiger partial charge in [0.05, 0.1) is 17.1 Å². The molecule has 0 atom stereocenters. The van der Waals surface area contributed by atoms with Crippen molar-refractivity contribution >= 4 is 29.3 Å². The minimum Gasteiger partial charge on any atom is -0.466 e. The highest BCUT2D eigenvalue weighted by Crippen LogP contribution is 2.23. The van der Waals surface area contributed by atoms with Crippen LogP contribution in [0, 0.1) is 10.1 Å². The number of carbonyl (C=O) groups excluding carboxylic acids is 1. The van der Waals surface area contributed by atoms with Crippen LogP contribution in [0.1, 0.15) is 5.56 Å². The first-order valence-electron chi connectivity index (χ1n) is 4.24. The number of nitrogens with zero attached hydrogens (tertiary/aromatic N) is 1. The van der Waals surface area contributed by atoms with Gasteiger partial charge in [-0.05, 0) is 17.7 Å². The normalized spacial score (nSPS) is 10.4. The molecule has 6 heteroatoms. The summed E-state index contributed by atoms with van der Waals surface area (Å²) in [5.41, 5.74) is 0.415. The molecule has 0 radical (unpaired) electrons. The topological polar surface area (TPSA) is 69.4 Å². The largest absolute Gasteiger partial charge is 0.466 e. The number of rotatable bonds is 3. The lowest BCUT2D eigenvalue weighted by atomic mass is 10.2. The van der Waals surface area contributed by atoms with Crippen LogP contribution in [-0.2, 0) is 9.53 Å². The third-order valence-electron chi connectivity index (χ3n) is 1.80. The first-order chi connectivity index (χ1) is 7.54. The number of nitro groups is 1. The molecule has 0 aliphatic heterocycles. The number of nitro benzene ring substituents is 1. The first-order valence-corrected chi connectivity index (χ1v) is 4.62. The highest BCUT2D eigenvalue weighted by molar-refractivity contribution is 6.32. The van der Waals surface area contributed by atoms with Gasteiger partial charge in [-0.3, -0.25) is 10.1 Å². The van der Waals surface area contributed by atoms with Crippen LogP contribution in [0.3, 0.4) is 0 Å². The van der Waals surface area contributed by atoms with Gasteiger partial charge in [-0.25, -0.2) is 4.79 Å². The Morgan fingerprint density at radius 2 is 2.25 bits per heavy atom. The van der Waals surface area contributed by atoms with E-state index in [9.17, 15) is 14.9 Å².